The number of hydrogen-bond donors (Lipinski definition) is 0. The first-order valence-corrected chi connectivity index (χ1v) is 12.7. The molecule has 186 valence electrons. The molecule has 0 heterocycles. The normalized spacial score (nSPS) is 10.7. The van der Waals surface area contributed by atoms with Gasteiger partial charge >= 0.3 is 5.97 Å². The summed E-state index contributed by atoms with van der Waals surface area (Å²) >= 11 is 0. The minimum absolute atomic E-state index is 0.277. The van der Waals surface area contributed by atoms with E-state index in [4.69, 9.17) is 4.74 Å². The van der Waals surface area contributed by atoms with E-state index >= 15 is 0 Å². The van der Waals surface area contributed by atoms with Crippen molar-refractivity contribution in [1.29, 1.82) is 0 Å². The first-order chi connectivity index (χ1) is 18.7. The van der Waals surface area contributed by atoms with Crippen LogP contribution in [0, 0.1) is 0 Å². The van der Waals surface area contributed by atoms with E-state index in [-0.39, 0.29) is 5.92 Å². The molecule has 0 aromatic heterocycles. The first-order valence-electron chi connectivity index (χ1n) is 12.7. The molecule has 0 unspecified atom stereocenters. The van der Waals surface area contributed by atoms with Crippen LogP contribution in [0.15, 0.2) is 152 Å². The number of nitrogens with zero attached hydrogens (tertiary/aromatic N) is 1. The van der Waals surface area contributed by atoms with Gasteiger partial charge in [-0.25, -0.2) is 4.79 Å². The maximum absolute atomic E-state index is 11.6. The predicted octanol–water partition coefficient (Wildman–Crippen LogP) is 8.62. The predicted molar refractivity (Wildman–Crippen MR) is 155 cm³/mol. The molecule has 3 heteroatoms. The van der Waals surface area contributed by atoms with Crippen LogP contribution in [0.4, 0.5) is 17.1 Å². The van der Waals surface area contributed by atoms with Crippen LogP contribution in [-0.2, 0) is 11.2 Å². The molecule has 0 amide bonds. The molecule has 0 saturated carbocycles. The zero-order valence-corrected chi connectivity index (χ0v) is 21.1. The zero-order valence-electron chi connectivity index (χ0n) is 21.1. The van der Waals surface area contributed by atoms with E-state index in [1.807, 2.05) is 30.3 Å². The number of para-hydroxylation sites is 1. The lowest BCUT2D eigenvalue weighted by Gasteiger charge is -2.26. The second-order valence-corrected chi connectivity index (χ2v) is 9.03. The van der Waals surface area contributed by atoms with Crippen molar-refractivity contribution < 1.29 is 9.53 Å². The molecule has 0 saturated heterocycles. The monoisotopic (exact) mass is 495 g/mol. The number of benzene rings is 5. The maximum Gasteiger partial charge on any atom is 0.335 e. The van der Waals surface area contributed by atoms with Crippen molar-refractivity contribution >= 4 is 23.0 Å². The van der Waals surface area contributed by atoms with Gasteiger partial charge in [0.1, 0.15) is 5.75 Å². The smallest absolute Gasteiger partial charge is 0.335 e. The number of hydrogen-bond acceptors (Lipinski definition) is 3. The SMILES string of the molecule is C=CC(=O)Oc1ccc(N(c2ccccc2)c2ccc(CC(c3ccccc3)c3ccccc3)cc2)cc1. The third kappa shape index (κ3) is 5.91. The van der Waals surface area contributed by atoms with E-state index in [2.05, 4.69) is 109 Å². The maximum atomic E-state index is 11.6. The highest BCUT2D eigenvalue weighted by atomic mass is 16.5. The van der Waals surface area contributed by atoms with Gasteiger partial charge in [-0.15, -0.1) is 0 Å². The Morgan fingerprint density at radius 2 is 1.08 bits per heavy atom. The Kier molecular flexibility index (Phi) is 7.76. The molecule has 0 N–H and O–H groups in total. The van der Waals surface area contributed by atoms with Crippen LogP contribution in [0.5, 0.6) is 5.75 Å². The molecule has 5 aromatic rings. The van der Waals surface area contributed by atoms with Gasteiger partial charge in [0.05, 0.1) is 0 Å². The highest BCUT2D eigenvalue weighted by molar-refractivity contribution is 5.83. The summed E-state index contributed by atoms with van der Waals surface area (Å²) in [6.45, 7) is 3.46. The summed E-state index contributed by atoms with van der Waals surface area (Å²) in [6.07, 6.45) is 2.06. The number of esters is 1. The lowest BCUT2D eigenvalue weighted by atomic mass is 9.86. The van der Waals surface area contributed by atoms with Gasteiger partial charge in [-0.1, -0.05) is 97.6 Å². The van der Waals surface area contributed by atoms with Crippen molar-refractivity contribution in [3.8, 4) is 5.75 Å². The molecule has 5 rings (SSSR count). The molecule has 0 fully saturated rings. The molecule has 5 aromatic carbocycles. The minimum atomic E-state index is -0.474. The van der Waals surface area contributed by atoms with Gasteiger partial charge < -0.3 is 9.64 Å². The molecule has 3 nitrogen and oxygen atoms in total. The van der Waals surface area contributed by atoms with Crippen LogP contribution in [-0.4, -0.2) is 5.97 Å². The average molecular weight is 496 g/mol. The average Bonchev–Trinajstić information content (AvgIpc) is 2.99. The number of carbonyl (C=O) groups is 1. The Labute approximate surface area is 224 Å². The lowest BCUT2D eigenvalue weighted by molar-refractivity contribution is -0.128. The standard InChI is InChI=1S/C35H29NO2/c1-2-35(37)38-33-24-22-32(23-25-33)36(30-16-10-5-11-17-30)31-20-18-27(19-21-31)26-34(28-12-6-3-7-13-28)29-14-8-4-9-15-29/h2-25,34H,1,26H2. The summed E-state index contributed by atoms with van der Waals surface area (Å²) in [6, 6.07) is 47.9. The molecular formula is C35H29NO2. The molecule has 0 bridgehead atoms. The number of anilines is 3. The van der Waals surface area contributed by atoms with Crippen molar-refractivity contribution in [3.05, 3.63) is 169 Å². The quantitative estimate of drug-likeness (QED) is 0.116. The van der Waals surface area contributed by atoms with Crippen molar-refractivity contribution in [3.63, 3.8) is 0 Å². The summed E-state index contributed by atoms with van der Waals surface area (Å²) in [5.41, 5.74) is 6.95. The molecule has 0 spiro atoms. The Morgan fingerprint density at radius 1 is 0.632 bits per heavy atom. The fourth-order valence-electron chi connectivity index (χ4n) is 4.66. The summed E-state index contributed by atoms with van der Waals surface area (Å²) in [4.78, 5) is 13.8. The van der Waals surface area contributed by atoms with Crippen molar-refractivity contribution in [2.75, 3.05) is 4.90 Å². The summed E-state index contributed by atoms with van der Waals surface area (Å²) in [5.74, 6) is 0.284. The van der Waals surface area contributed by atoms with E-state index in [1.54, 1.807) is 12.1 Å². The molecule has 0 aliphatic heterocycles. The molecule has 0 atom stereocenters. The van der Waals surface area contributed by atoms with Crippen LogP contribution in [0.1, 0.15) is 22.6 Å². The zero-order chi connectivity index (χ0) is 26.2. The van der Waals surface area contributed by atoms with Crippen molar-refractivity contribution in [1.82, 2.24) is 0 Å². The topological polar surface area (TPSA) is 29.5 Å². The number of carbonyl (C=O) groups excluding carboxylic acids is 1. The molecule has 0 aliphatic carbocycles. The Bertz CT molecular complexity index is 1420. The number of rotatable bonds is 9. The van der Waals surface area contributed by atoms with Gasteiger partial charge in [0.25, 0.3) is 0 Å². The lowest BCUT2D eigenvalue weighted by Crippen LogP contribution is -2.10. The van der Waals surface area contributed by atoms with E-state index in [1.165, 1.54) is 16.7 Å². The van der Waals surface area contributed by atoms with Crippen molar-refractivity contribution in [2.45, 2.75) is 12.3 Å². The van der Waals surface area contributed by atoms with Crippen LogP contribution >= 0.6 is 0 Å². The van der Waals surface area contributed by atoms with Gasteiger partial charge in [0, 0.05) is 29.1 Å². The third-order valence-corrected chi connectivity index (χ3v) is 6.53. The summed E-state index contributed by atoms with van der Waals surface area (Å²) in [7, 11) is 0. The highest BCUT2D eigenvalue weighted by Crippen LogP contribution is 2.36. The summed E-state index contributed by atoms with van der Waals surface area (Å²) in [5, 5.41) is 0. The van der Waals surface area contributed by atoms with Gasteiger partial charge in [-0.2, -0.15) is 0 Å². The minimum Gasteiger partial charge on any atom is -0.423 e. The molecule has 0 aliphatic rings. The van der Waals surface area contributed by atoms with Gasteiger partial charge in [-0.3, -0.25) is 0 Å². The number of ether oxygens (including phenoxy) is 1. The van der Waals surface area contributed by atoms with Gasteiger partial charge in [0.2, 0.25) is 0 Å². The first kappa shape index (κ1) is 24.8. The molecule has 38 heavy (non-hydrogen) atoms. The van der Waals surface area contributed by atoms with E-state index in [9.17, 15) is 4.79 Å². The third-order valence-electron chi connectivity index (χ3n) is 6.53. The van der Waals surface area contributed by atoms with E-state index < -0.39 is 5.97 Å². The Morgan fingerprint density at radius 3 is 1.58 bits per heavy atom. The van der Waals surface area contributed by atoms with Gasteiger partial charge in [-0.05, 0) is 71.6 Å². The van der Waals surface area contributed by atoms with E-state index in [0.717, 1.165) is 29.6 Å². The Hall–Kier alpha value is -4.89. The fourth-order valence-corrected chi connectivity index (χ4v) is 4.66. The van der Waals surface area contributed by atoms with Crippen molar-refractivity contribution in [2.24, 2.45) is 0 Å². The van der Waals surface area contributed by atoms with E-state index in [0.29, 0.717) is 5.75 Å². The second kappa shape index (κ2) is 11.9. The van der Waals surface area contributed by atoms with Crippen LogP contribution < -0.4 is 9.64 Å². The van der Waals surface area contributed by atoms with Crippen LogP contribution in [0.2, 0.25) is 0 Å². The Balaban J connectivity index is 1.44. The van der Waals surface area contributed by atoms with Crippen LogP contribution in [0.3, 0.4) is 0 Å². The van der Waals surface area contributed by atoms with Gasteiger partial charge in [0.15, 0.2) is 0 Å². The summed E-state index contributed by atoms with van der Waals surface area (Å²) < 4.78 is 5.26. The molecule has 0 radical (unpaired) electrons. The fraction of sp³-hybridized carbons (Fsp3) is 0.0571. The molecular weight excluding hydrogens is 466 g/mol. The largest absolute Gasteiger partial charge is 0.423 e. The second-order valence-electron chi connectivity index (χ2n) is 9.03. The highest BCUT2D eigenvalue weighted by Gasteiger charge is 2.16. The van der Waals surface area contributed by atoms with Crippen LogP contribution in [0.25, 0.3) is 0 Å².